The number of benzene rings is 2. The second kappa shape index (κ2) is 9.57. The molecule has 3 N–H and O–H groups in total. The number of aromatic amines is 1. The number of amides is 1. The molecule has 0 spiro atoms. The number of pyridine rings is 1. The number of hydrogen-bond donors (Lipinski definition) is 3. The highest BCUT2D eigenvalue weighted by Crippen LogP contribution is 2.43. The lowest BCUT2D eigenvalue weighted by Gasteiger charge is -2.21. The average Bonchev–Trinajstić information content (AvgIpc) is 3.19. The zero-order valence-electron chi connectivity index (χ0n) is 19.0. The normalized spacial score (nSPS) is 14.7. The fraction of sp³-hybridized carbons (Fsp3) is 0.154. The molecule has 5 rings (SSSR count). The average molecular weight is 584 g/mol. The molecule has 0 aliphatic carbocycles. The molecule has 9 heteroatoms. The Morgan fingerprint density at radius 1 is 1.17 bits per heavy atom. The molecule has 4 aromatic rings. The Labute approximate surface area is 215 Å². The number of para-hydroxylation sites is 1. The number of carbonyl (C=O) groups excluding carboxylic acids is 1. The van der Waals surface area contributed by atoms with Crippen LogP contribution in [0.25, 0.3) is 11.3 Å². The van der Waals surface area contributed by atoms with Crippen LogP contribution in [0.4, 0.5) is 15.8 Å². The second-order valence-corrected chi connectivity index (χ2v) is 9.43. The largest absolute Gasteiger partial charge is 0.492 e. The van der Waals surface area contributed by atoms with Crippen molar-refractivity contribution in [2.75, 3.05) is 12.4 Å². The van der Waals surface area contributed by atoms with Crippen LogP contribution in [0.2, 0.25) is 0 Å². The van der Waals surface area contributed by atoms with Crippen molar-refractivity contribution >= 4 is 39.9 Å². The van der Waals surface area contributed by atoms with Gasteiger partial charge in [0.15, 0.2) is 17.3 Å². The first kappa shape index (κ1) is 23.2. The Morgan fingerprint density at radius 3 is 2.74 bits per heavy atom. The summed E-state index contributed by atoms with van der Waals surface area (Å²) in [6.45, 7) is 1.95. The molecule has 2 aromatic heterocycles. The Balaban J connectivity index is 1.65. The summed E-state index contributed by atoms with van der Waals surface area (Å²) in [6.07, 6.45) is 3.90. The van der Waals surface area contributed by atoms with Crippen LogP contribution in [0.5, 0.6) is 17.2 Å². The molecule has 0 unspecified atom stereocenters. The molecule has 1 aliphatic heterocycles. The van der Waals surface area contributed by atoms with Crippen molar-refractivity contribution in [1.82, 2.24) is 15.3 Å². The van der Waals surface area contributed by atoms with Crippen molar-refractivity contribution in [1.29, 1.82) is 0 Å². The van der Waals surface area contributed by atoms with E-state index in [1.807, 2.05) is 37.3 Å². The van der Waals surface area contributed by atoms with Crippen LogP contribution in [0.15, 0.2) is 60.9 Å². The predicted octanol–water partition coefficient (Wildman–Crippen LogP) is 6.04. The first-order valence-corrected chi connectivity index (χ1v) is 12.1. The fourth-order valence-electron chi connectivity index (χ4n) is 4.18. The van der Waals surface area contributed by atoms with E-state index in [4.69, 9.17) is 9.47 Å². The van der Waals surface area contributed by atoms with Crippen molar-refractivity contribution in [2.24, 2.45) is 0 Å². The number of fused-ring (bicyclic) bond motifs is 1. The van der Waals surface area contributed by atoms with E-state index in [9.17, 15) is 9.18 Å². The summed E-state index contributed by atoms with van der Waals surface area (Å²) in [5.41, 5.74) is 3.50. The SMILES string of the molecule is COc1c(F)cccc1Nc1c(-c2ccncc2Oc2ccc(I)cc2)[nH]c2c1C(=O)N[C@@H](C)C2. The lowest BCUT2D eigenvalue weighted by molar-refractivity contribution is 0.0930. The van der Waals surface area contributed by atoms with E-state index >= 15 is 0 Å². The monoisotopic (exact) mass is 584 g/mol. The topological polar surface area (TPSA) is 88.3 Å². The quantitative estimate of drug-likeness (QED) is 0.241. The van der Waals surface area contributed by atoms with Gasteiger partial charge in [-0.2, -0.15) is 0 Å². The smallest absolute Gasteiger partial charge is 0.255 e. The number of ether oxygens (including phenoxy) is 2. The number of hydrogen-bond acceptors (Lipinski definition) is 5. The Hall–Kier alpha value is -3.60. The molecule has 7 nitrogen and oxygen atoms in total. The summed E-state index contributed by atoms with van der Waals surface area (Å²) in [5, 5.41) is 6.23. The second-order valence-electron chi connectivity index (χ2n) is 8.18. The number of aromatic nitrogens is 2. The van der Waals surface area contributed by atoms with Crippen LogP contribution >= 0.6 is 22.6 Å². The lowest BCUT2D eigenvalue weighted by Crippen LogP contribution is -2.39. The number of nitrogens with zero attached hydrogens (tertiary/aromatic N) is 1. The van der Waals surface area contributed by atoms with E-state index in [1.165, 1.54) is 13.2 Å². The van der Waals surface area contributed by atoms with Gasteiger partial charge in [0, 0.05) is 33.5 Å². The molecular weight excluding hydrogens is 562 g/mol. The van der Waals surface area contributed by atoms with Gasteiger partial charge in [-0.1, -0.05) is 6.07 Å². The molecule has 35 heavy (non-hydrogen) atoms. The highest BCUT2D eigenvalue weighted by atomic mass is 127. The zero-order valence-corrected chi connectivity index (χ0v) is 21.1. The van der Waals surface area contributed by atoms with Gasteiger partial charge in [0.2, 0.25) is 0 Å². The van der Waals surface area contributed by atoms with Crippen LogP contribution in [0, 0.1) is 9.39 Å². The van der Waals surface area contributed by atoms with Gasteiger partial charge in [0.05, 0.1) is 35.9 Å². The lowest BCUT2D eigenvalue weighted by atomic mass is 10.0. The molecule has 1 atom stereocenters. The number of carbonyl (C=O) groups is 1. The summed E-state index contributed by atoms with van der Waals surface area (Å²) in [4.78, 5) is 20.7. The van der Waals surface area contributed by atoms with E-state index in [0.717, 1.165) is 9.26 Å². The van der Waals surface area contributed by atoms with Gasteiger partial charge in [-0.05, 0) is 72.0 Å². The van der Waals surface area contributed by atoms with Crippen LogP contribution in [-0.4, -0.2) is 29.0 Å². The predicted molar refractivity (Wildman–Crippen MR) is 140 cm³/mol. The fourth-order valence-corrected chi connectivity index (χ4v) is 4.54. The molecule has 2 aromatic carbocycles. The van der Waals surface area contributed by atoms with Gasteiger partial charge >= 0.3 is 0 Å². The van der Waals surface area contributed by atoms with E-state index in [0.29, 0.717) is 46.1 Å². The molecule has 0 radical (unpaired) electrons. The van der Waals surface area contributed by atoms with Crippen molar-refractivity contribution < 1.29 is 18.7 Å². The van der Waals surface area contributed by atoms with Crippen LogP contribution in [-0.2, 0) is 6.42 Å². The maximum absolute atomic E-state index is 14.4. The van der Waals surface area contributed by atoms with Gasteiger partial charge in [-0.3, -0.25) is 9.78 Å². The van der Waals surface area contributed by atoms with Gasteiger partial charge in [-0.15, -0.1) is 0 Å². The maximum atomic E-state index is 14.4. The van der Waals surface area contributed by atoms with E-state index < -0.39 is 5.82 Å². The summed E-state index contributed by atoms with van der Waals surface area (Å²) in [5.74, 6) is 0.503. The maximum Gasteiger partial charge on any atom is 0.255 e. The summed E-state index contributed by atoms with van der Waals surface area (Å²) >= 11 is 2.23. The molecule has 3 heterocycles. The minimum absolute atomic E-state index is 0.0296. The zero-order chi connectivity index (χ0) is 24.5. The molecule has 1 amide bonds. The number of halogens is 2. The highest BCUT2D eigenvalue weighted by Gasteiger charge is 2.31. The summed E-state index contributed by atoms with van der Waals surface area (Å²) < 4.78 is 27.0. The van der Waals surface area contributed by atoms with E-state index in [2.05, 4.69) is 43.2 Å². The number of nitrogens with one attached hydrogen (secondary N) is 3. The van der Waals surface area contributed by atoms with Crippen molar-refractivity contribution in [3.63, 3.8) is 0 Å². The molecule has 0 bridgehead atoms. The number of anilines is 2. The van der Waals surface area contributed by atoms with Crippen molar-refractivity contribution in [2.45, 2.75) is 19.4 Å². The summed E-state index contributed by atoms with van der Waals surface area (Å²) in [6, 6.07) is 14.0. The molecule has 0 saturated carbocycles. The van der Waals surface area contributed by atoms with Crippen molar-refractivity contribution in [3.8, 4) is 28.5 Å². The Kier molecular flexibility index (Phi) is 6.33. The van der Waals surface area contributed by atoms with Crippen LogP contribution in [0.1, 0.15) is 23.0 Å². The van der Waals surface area contributed by atoms with Gasteiger partial charge in [0.25, 0.3) is 5.91 Å². The van der Waals surface area contributed by atoms with Gasteiger partial charge in [0.1, 0.15) is 5.75 Å². The number of H-pyrrole nitrogens is 1. The first-order valence-electron chi connectivity index (χ1n) is 11.0. The standard InChI is InChI=1S/C26H22FIN4O3/c1-14-12-20-22(26(33)30-14)24(31-19-5-3-4-18(27)25(19)34-2)23(32-20)17-10-11-29-13-21(17)35-16-8-6-15(28)7-9-16/h3-11,13-14,31-32H,12H2,1-2H3,(H,30,33)/t14-/m0/s1. The van der Waals surface area contributed by atoms with E-state index in [-0.39, 0.29) is 17.7 Å². The van der Waals surface area contributed by atoms with E-state index in [1.54, 1.807) is 24.5 Å². The molecule has 0 fully saturated rings. The minimum Gasteiger partial charge on any atom is -0.492 e. The highest BCUT2D eigenvalue weighted by molar-refractivity contribution is 14.1. The van der Waals surface area contributed by atoms with Gasteiger partial charge in [-0.25, -0.2) is 4.39 Å². The minimum atomic E-state index is -0.506. The molecule has 0 saturated heterocycles. The third-order valence-corrected chi connectivity index (χ3v) is 6.44. The first-order chi connectivity index (χ1) is 16.9. The summed E-state index contributed by atoms with van der Waals surface area (Å²) in [7, 11) is 1.40. The van der Waals surface area contributed by atoms with Crippen molar-refractivity contribution in [3.05, 3.63) is 81.6 Å². The number of rotatable bonds is 6. The Morgan fingerprint density at radius 2 is 1.97 bits per heavy atom. The molecule has 1 aliphatic rings. The van der Waals surface area contributed by atoms with Gasteiger partial charge < -0.3 is 25.1 Å². The van der Waals surface area contributed by atoms with Crippen LogP contribution < -0.4 is 20.1 Å². The van der Waals surface area contributed by atoms with Crippen LogP contribution in [0.3, 0.4) is 0 Å². The molecule has 178 valence electrons. The third-order valence-electron chi connectivity index (χ3n) is 5.72. The number of methoxy groups -OCH3 is 1. The Bertz CT molecular complexity index is 1400. The third kappa shape index (κ3) is 4.55. The molecular formula is C26H22FIN4O3.